The molecule has 0 aliphatic rings. The molecule has 0 radical (unpaired) electrons. The Bertz CT molecular complexity index is 579. The lowest BCUT2D eigenvalue weighted by Crippen LogP contribution is -2.54. The molecule has 13 nitrogen and oxygen atoms in total. The van der Waals surface area contributed by atoms with Crippen molar-refractivity contribution >= 4 is 35.6 Å². The van der Waals surface area contributed by atoms with E-state index in [9.17, 15) is 28.8 Å². The van der Waals surface area contributed by atoms with E-state index in [1.807, 2.05) is 5.32 Å². The van der Waals surface area contributed by atoms with Gasteiger partial charge >= 0.3 is 11.9 Å². The zero-order chi connectivity index (χ0) is 20.3. The molecule has 2 unspecified atom stereocenters. The molecule has 26 heavy (non-hydrogen) atoms. The summed E-state index contributed by atoms with van der Waals surface area (Å²) in [4.78, 5) is 67.4. The van der Waals surface area contributed by atoms with Gasteiger partial charge in [-0.1, -0.05) is 0 Å². The summed E-state index contributed by atoms with van der Waals surface area (Å²) in [6.45, 7) is -0.921. The number of aliphatic carboxylic acids is 2. The van der Waals surface area contributed by atoms with Crippen LogP contribution in [-0.2, 0) is 28.8 Å². The number of nitrogens with one attached hydrogen (secondary N) is 3. The Morgan fingerprint density at radius 3 is 2.00 bits per heavy atom. The second kappa shape index (κ2) is 11.4. The molecule has 4 amide bonds. The second-order valence-corrected chi connectivity index (χ2v) is 5.10. The fourth-order valence-electron chi connectivity index (χ4n) is 1.70. The van der Waals surface area contributed by atoms with Crippen LogP contribution in [0.3, 0.4) is 0 Å². The summed E-state index contributed by atoms with van der Waals surface area (Å²) in [6.07, 6.45) is -1.46. The second-order valence-electron chi connectivity index (χ2n) is 5.10. The molecule has 0 aromatic heterocycles. The topological polar surface area (TPSA) is 231 Å². The van der Waals surface area contributed by atoms with Crippen molar-refractivity contribution in [2.24, 2.45) is 11.5 Å². The van der Waals surface area contributed by atoms with Crippen LogP contribution in [0.5, 0.6) is 0 Å². The maximum Gasteiger partial charge on any atom is 0.326 e. The SMILES string of the molecule is NCC(=O)NCC(=O)NC(CC(=O)O)C(=O)NC(CCC(N)=O)C(=O)O. The van der Waals surface area contributed by atoms with Crippen molar-refractivity contribution in [3.63, 3.8) is 0 Å². The average molecular weight is 375 g/mol. The van der Waals surface area contributed by atoms with Gasteiger partial charge in [0.05, 0.1) is 19.5 Å². The normalized spacial score (nSPS) is 12.3. The van der Waals surface area contributed by atoms with Gasteiger partial charge in [0.2, 0.25) is 23.6 Å². The van der Waals surface area contributed by atoms with Crippen LogP contribution in [0.2, 0.25) is 0 Å². The fourth-order valence-corrected chi connectivity index (χ4v) is 1.70. The molecule has 0 rings (SSSR count). The number of hydrogen-bond acceptors (Lipinski definition) is 7. The minimum absolute atomic E-state index is 0.309. The van der Waals surface area contributed by atoms with Crippen LogP contribution in [0, 0.1) is 0 Å². The van der Waals surface area contributed by atoms with Gasteiger partial charge < -0.3 is 37.6 Å². The molecule has 0 bridgehead atoms. The number of nitrogens with two attached hydrogens (primary N) is 2. The first-order chi connectivity index (χ1) is 12.1. The third kappa shape index (κ3) is 9.82. The summed E-state index contributed by atoms with van der Waals surface area (Å²) in [5.74, 6) is -6.27. The first kappa shape index (κ1) is 22.8. The predicted molar refractivity (Wildman–Crippen MR) is 84.2 cm³/mol. The molecular weight excluding hydrogens is 354 g/mol. The highest BCUT2D eigenvalue weighted by atomic mass is 16.4. The minimum atomic E-state index is -1.59. The molecule has 0 aliphatic heterocycles. The van der Waals surface area contributed by atoms with E-state index in [1.54, 1.807) is 0 Å². The van der Waals surface area contributed by atoms with Gasteiger partial charge in [-0.25, -0.2) is 4.79 Å². The molecule has 0 aromatic carbocycles. The number of hydrogen-bond donors (Lipinski definition) is 7. The van der Waals surface area contributed by atoms with E-state index in [2.05, 4.69) is 10.6 Å². The summed E-state index contributed by atoms with van der Waals surface area (Å²) in [6, 6.07) is -3.09. The number of amides is 4. The zero-order valence-electron chi connectivity index (χ0n) is 13.7. The summed E-state index contributed by atoms with van der Waals surface area (Å²) < 4.78 is 0. The third-order valence-corrected chi connectivity index (χ3v) is 2.96. The van der Waals surface area contributed by atoms with E-state index in [1.165, 1.54) is 0 Å². The van der Waals surface area contributed by atoms with Crippen molar-refractivity contribution in [2.75, 3.05) is 13.1 Å². The van der Waals surface area contributed by atoms with Crippen LogP contribution < -0.4 is 27.4 Å². The highest BCUT2D eigenvalue weighted by molar-refractivity contribution is 5.94. The molecule has 2 atom stereocenters. The van der Waals surface area contributed by atoms with Crippen LogP contribution >= 0.6 is 0 Å². The number of carbonyl (C=O) groups excluding carboxylic acids is 4. The minimum Gasteiger partial charge on any atom is -0.481 e. The Morgan fingerprint density at radius 1 is 0.923 bits per heavy atom. The van der Waals surface area contributed by atoms with Crippen molar-refractivity contribution in [1.82, 2.24) is 16.0 Å². The molecule has 13 heteroatoms. The average Bonchev–Trinajstić information content (AvgIpc) is 2.54. The quantitative estimate of drug-likeness (QED) is 0.175. The molecule has 0 aliphatic carbocycles. The van der Waals surface area contributed by atoms with Crippen LogP contribution in [-0.4, -0.2) is 71.0 Å². The van der Waals surface area contributed by atoms with Crippen molar-refractivity contribution in [1.29, 1.82) is 0 Å². The standard InChI is InChI=1S/C13H21N5O8/c14-4-9(20)16-5-10(21)17-7(3-11(22)23)12(24)18-6(13(25)26)1-2-8(15)19/h6-7H,1-5,14H2,(H2,15,19)(H,16,20)(H,17,21)(H,18,24)(H,22,23)(H,25,26). The van der Waals surface area contributed by atoms with Gasteiger partial charge in [-0.15, -0.1) is 0 Å². The van der Waals surface area contributed by atoms with Gasteiger partial charge in [0.15, 0.2) is 0 Å². The summed E-state index contributed by atoms with van der Waals surface area (Å²) in [7, 11) is 0. The number of rotatable bonds is 12. The predicted octanol–water partition coefficient (Wildman–Crippen LogP) is -4.14. The molecule has 0 aromatic rings. The van der Waals surface area contributed by atoms with Gasteiger partial charge in [-0.05, 0) is 6.42 Å². The van der Waals surface area contributed by atoms with E-state index in [0.29, 0.717) is 0 Å². The molecule has 9 N–H and O–H groups in total. The van der Waals surface area contributed by atoms with E-state index in [4.69, 9.17) is 21.7 Å². The van der Waals surface area contributed by atoms with Crippen LogP contribution in [0.25, 0.3) is 0 Å². The maximum absolute atomic E-state index is 12.1. The fraction of sp³-hybridized carbons (Fsp3) is 0.538. The smallest absolute Gasteiger partial charge is 0.326 e. The Labute approximate surface area is 147 Å². The molecule has 0 saturated carbocycles. The van der Waals surface area contributed by atoms with Gasteiger partial charge in [0, 0.05) is 6.42 Å². The number of carboxylic acid groups (broad SMARTS) is 2. The number of primary amides is 1. The number of carboxylic acids is 2. The van der Waals surface area contributed by atoms with Gasteiger partial charge in [0.25, 0.3) is 0 Å². The van der Waals surface area contributed by atoms with Crippen molar-refractivity contribution in [2.45, 2.75) is 31.3 Å². The van der Waals surface area contributed by atoms with Gasteiger partial charge in [0.1, 0.15) is 12.1 Å². The van der Waals surface area contributed by atoms with E-state index in [0.717, 1.165) is 0 Å². The van der Waals surface area contributed by atoms with Crippen molar-refractivity contribution < 1.29 is 39.0 Å². The first-order valence-electron chi connectivity index (χ1n) is 7.36. The third-order valence-electron chi connectivity index (χ3n) is 2.96. The highest BCUT2D eigenvalue weighted by Gasteiger charge is 2.28. The van der Waals surface area contributed by atoms with E-state index < -0.39 is 60.6 Å². The summed E-state index contributed by atoms with van der Waals surface area (Å²) in [5.41, 5.74) is 9.94. The lowest BCUT2D eigenvalue weighted by molar-refractivity contribution is -0.143. The van der Waals surface area contributed by atoms with Crippen molar-refractivity contribution in [3.05, 3.63) is 0 Å². The highest BCUT2D eigenvalue weighted by Crippen LogP contribution is 2.01. The molecule has 0 saturated heterocycles. The number of carbonyl (C=O) groups is 6. The molecule has 0 spiro atoms. The maximum atomic E-state index is 12.1. The molecular formula is C13H21N5O8. The monoisotopic (exact) mass is 375 g/mol. The van der Waals surface area contributed by atoms with Crippen LogP contribution in [0.4, 0.5) is 0 Å². The van der Waals surface area contributed by atoms with Crippen LogP contribution in [0.1, 0.15) is 19.3 Å². The Balaban J connectivity index is 4.91. The zero-order valence-corrected chi connectivity index (χ0v) is 13.7. The summed E-state index contributed by atoms with van der Waals surface area (Å²) >= 11 is 0. The first-order valence-corrected chi connectivity index (χ1v) is 7.36. The lowest BCUT2D eigenvalue weighted by Gasteiger charge is -2.20. The molecule has 0 fully saturated rings. The van der Waals surface area contributed by atoms with Crippen molar-refractivity contribution in [3.8, 4) is 0 Å². The van der Waals surface area contributed by atoms with Gasteiger partial charge in [-0.2, -0.15) is 0 Å². The lowest BCUT2D eigenvalue weighted by atomic mass is 10.1. The Kier molecular flexibility index (Phi) is 9.95. The van der Waals surface area contributed by atoms with Crippen LogP contribution in [0.15, 0.2) is 0 Å². The molecule has 146 valence electrons. The largest absolute Gasteiger partial charge is 0.481 e. The Hall–Kier alpha value is -3.22. The van der Waals surface area contributed by atoms with Gasteiger partial charge in [-0.3, -0.25) is 24.0 Å². The molecule has 0 heterocycles. The Morgan fingerprint density at radius 2 is 1.54 bits per heavy atom. The van der Waals surface area contributed by atoms with E-state index in [-0.39, 0.29) is 19.4 Å². The summed E-state index contributed by atoms with van der Waals surface area (Å²) in [5, 5.41) is 24.1. The van der Waals surface area contributed by atoms with E-state index >= 15 is 0 Å².